The highest BCUT2D eigenvalue weighted by Crippen LogP contribution is 2.18. The van der Waals surface area contributed by atoms with E-state index in [1.54, 1.807) is 12.1 Å². The first kappa shape index (κ1) is 17.5. The van der Waals surface area contributed by atoms with Crippen molar-refractivity contribution in [1.29, 1.82) is 0 Å². The second kappa shape index (κ2) is 7.46. The lowest BCUT2D eigenvalue weighted by Gasteiger charge is -2.33. The molecule has 0 heterocycles. The number of nitrogens with two attached hydrogens (primary N) is 1. The summed E-state index contributed by atoms with van der Waals surface area (Å²) in [5.74, 6) is 0.942. The molecule has 0 bridgehead atoms. The summed E-state index contributed by atoms with van der Waals surface area (Å²) in [5, 5.41) is 3.03. The molecule has 1 aromatic rings. The molecule has 0 aliphatic heterocycles. The number of nitrogens with one attached hydrogen (secondary N) is 1. The Morgan fingerprint density at radius 2 is 1.86 bits per heavy atom. The minimum Gasteiger partial charge on any atom is -0.491 e. The lowest BCUT2D eigenvalue weighted by Crippen LogP contribution is -2.55. The van der Waals surface area contributed by atoms with Gasteiger partial charge < -0.3 is 15.8 Å². The van der Waals surface area contributed by atoms with Crippen LogP contribution in [0.5, 0.6) is 5.75 Å². The fraction of sp³-hybridized carbons (Fsp3) is 0.588. The van der Waals surface area contributed by atoms with Gasteiger partial charge >= 0.3 is 0 Å². The normalized spacial score (nSPS) is 15.4. The molecule has 4 heteroatoms. The van der Waals surface area contributed by atoms with Crippen molar-refractivity contribution in [2.45, 2.75) is 52.7 Å². The highest BCUT2D eigenvalue weighted by molar-refractivity contribution is 5.94. The van der Waals surface area contributed by atoms with Crippen molar-refractivity contribution in [3.8, 4) is 5.75 Å². The fourth-order valence-corrected chi connectivity index (χ4v) is 1.76. The van der Waals surface area contributed by atoms with Crippen molar-refractivity contribution in [1.82, 2.24) is 5.32 Å². The number of benzene rings is 1. The maximum absolute atomic E-state index is 12.3. The molecule has 1 aromatic carbocycles. The minimum atomic E-state index is -0.400. The largest absolute Gasteiger partial charge is 0.491 e. The van der Waals surface area contributed by atoms with Crippen molar-refractivity contribution in [2.75, 3.05) is 6.54 Å². The quantitative estimate of drug-likeness (QED) is 0.812. The Labute approximate surface area is 128 Å². The summed E-state index contributed by atoms with van der Waals surface area (Å²) in [6.45, 7) is 10.6. The molecule has 118 valence electrons. The monoisotopic (exact) mass is 292 g/mol. The van der Waals surface area contributed by atoms with Crippen LogP contribution in [0.15, 0.2) is 24.3 Å². The van der Waals surface area contributed by atoms with Gasteiger partial charge in [0.25, 0.3) is 5.91 Å². The summed E-state index contributed by atoms with van der Waals surface area (Å²) in [6, 6.07) is 7.22. The van der Waals surface area contributed by atoms with E-state index in [-0.39, 0.29) is 17.9 Å². The average Bonchev–Trinajstić information content (AvgIpc) is 2.47. The van der Waals surface area contributed by atoms with Crippen LogP contribution in [0.4, 0.5) is 0 Å². The third-order valence-corrected chi connectivity index (χ3v) is 4.13. The molecule has 0 saturated heterocycles. The molecule has 21 heavy (non-hydrogen) atoms. The SMILES string of the molecule is CCC(C)Oc1ccc(C(=O)NC(C)(CN)C(C)C)cc1. The summed E-state index contributed by atoms with van der Waals surface area (Å²) in [6.07, 6.45) is 1.12. The highest BCUT2D eigenvalue weighted by Gasteiger charge is 2.28. The summed E-state index contributed by atoms with van der Waals surface area (Å²) >= 11 is 0. The van der Waals surface area contributed by atoms with Gasteiger partial charge in [0.2, 0.25) is 0 Å². The van der Waals surface area contributed by atoms with Crippen LogP contribution in [0, 0.1) is 5.92 Å². The van der Waals surface area contributed by atoms with Gasteiger partial charge in [-0.05, 0) is 50.5 Å². The van der Waals surface area contributed by atoms with Crippen molar-refractivity contribution in [3.05, 3.63) is 29.8 Å². The van der Waals surface area contributed by atoms with Crippen LogP contribution in [-0.2, 0) is 0 Å². The van der Waals surface area contributed by atoms with Gasteiger partial charge in [-0.1, -0.05) is 20.8 Å². The number of hydrogen-bond donors (Lipinski definition) is 2. The molecule has 2 atom stereocenters. The van der Waals surface area contributed by atoms with Crippen LogP contribution in [0.2, 0.25) is 0 Å². The smallest absolute Gasteiger partial charge is 0.251 e. The topological polar surface area (TPSA) is 64.3 Å². The van der Waals surface area contributed by atoms with E-state index in [1.807, 2.05) is 26.0 Å². The molecule has 0 spiro atoms. The second-order valence-corrected chi connectivity index (χ2v) is 6.09. The predicted molar refractivity (Wildman–Crippen MR) is 86.6 cm³/mol. The maximum Gasteiger partial charge on any atom is 0.251 e. The lowest BCUT2D eigenvalue weighted by molar-refractivity contribution is 0.0883. The summed E-state index contributed by atoms with van der Waals surface area (Å²) in [5.41, 5.74) is 6.01. The molecule has 0 aromatic heterocycles. The first-order chi connectivity index (χ1) is 9.82. The summed E-state index contributed by atoms with van der Waals surface area (Å²) in [7, 11) is 0. The van der Waals surface area contributed by atoms with Gasteiger partial charge in [-0.25, -0.2) is 0 Å². The third-order valence-electron chi connectivity index (χ3n) is 4.13. The Bertz CT molecular complexity index is 456. The molecule has 2 unspecified atom stereocenters. The number of ether oxygens (including phenoxy) is 1. The average molecular weight is 292 g/mol. The zero-order valence-corrected chi connectivity index (χ0v) is 13.8. The second-order valence-electron chi connectivity index (χ2n) is 6.09. The van der Waals surface area contributed by atoms with Crippen LogP contribution in [0.1, 0.15) is 51.4 Å². The molecule has 1 amide bonds. The maximum atomic E-state index is 12.3. The van der Waals surface area contributed by atoms with Gasteiger partial charge in [0.1, 0.15) is 5.75 Å². The van der Waals surface area contributed by atoms with E-state index in [2.05, 4.69) is 26.1 Å². The number of carbonyl (C=O) groups excluding carboxylic acids is 1. The number of carbonyl (C=O) groups is 1. The van der Waals surface area contributed by atoms with E-state index in [9.17, 15) is 4.79 Å². The molecular formula is C17H28N2O2. The van der Waals surface area contributed by atoms with Crippen LogP contribution >= 0.6 is 0 Å². The molecule has 0 aliphatic rings. The summed E-state index contributed by atoms with van der Waals surface area (Å²) in [4.78, 5) is 12.3. The van der Waals surface area contributed by atoms with Crippen molar-refractivity contribution < 1.29 is 9.53 Å². The van der Waals surface area contributed by atoms with Crippen molar-refractivity contribution >= 4 is 5.91 Å². The Hall–Kier alpha value is -1.55. The van der Waals surface area contributed by atoms with Gasteiger partial charge in [-0.2, -0.15) is 0 Å². The van der Waals surface area contributed by atoms with E-state index in [4.69, 9.17) is 10.5 Å². The lowest BCUT2D eigenvalue weighted by atomic mass is 9.88. The van der Waals surface area contributed by atoms with Gasteiger partial charge in [0, 0.05) is 12.1 Å². The minimum absolute atomic E-state index is 0.105. The third kappa shape index (κ3) is 4.74. The Balaban J connectivity index is 2.75. The molecular weight excluding hydrogens is 264 g/mol. The standard InChI is InChI=1S/C17H28N2O2/c1-6-13(4)21-15-9-7-14(8-10-15)16(20)19-17(5,11-18)12(2)3/h7-10,12-13H,6,11,18H2,1-5H3,(H,19,20). The summed E-state index contributed by atoms with van der Waals surface area (Å²) < 4.78 is 5.71. The molecule has 0 aliphatic carbocycles. The first-order valence-corrected chi connectivity index (χ1v) is 7.61. The van der Waals surface area contributed by atoms with Crippen molar-refractivity contribution in [2.24, 2.45) is 11.7 Å². The molecule has 0 fully saturated rings. The molecule has 0 saturated carbocycles. The van der Waals surface area contributed by atoms with E-state index in [0.717, 1.165) is 12.2 Å². The van der Waals surface area contributed by atoms with Gasteiger partial charge in [-0.3, -0.25) is 4.79 Å². The van der Waals surface area contributed by atoms with E-state index in [0.29, 0.717) is 12.1 Å². The molecule has 1 rings (SSSR count). The van der Waals surface area contributed by atoms with Crippen molar-refractivity contribution in [3.63, 3.8) is 0 Å². The van der Waals surface area contributed by atoms with Crippen LogP contribution in [-0.4, -0.2) is 24.1 Å². The molecule has 4 nitrogen and oxygen atoms in total. The van der Waals surface area contributed by atoms with Crippen LogP contribution in [0.3, 0.4) is 0 Å². The van der Waals surface area contributed by atoms with E-state index < -0.39 is 5.54 Å². The Morgan fingerprint density at radius 1 is 1.29 bits per heavy atom. The van der Waals surface area contributed by atoms with E-state index in [1.165, 1.54) is 0 Å². The van der Waals surface area contributed by atoms with E-state index >= 15 is 0 Å². The number of hydrogen-bond acceptors (Lipinski definition) is 3. The predicted octanol–water partition coefficient (Wildman–Crippen LogP) is 2.97. The van der Waals surface area contributed by atoms with Gasteiger partial charge in [0.15, 0.2) is 0 Å². The molecule has 0 radical (unpaired) electrons. The van der Waals surface area contributed by atoms with Crippen LogP contribution < -0.4 is 15.8 Å². The zero-order chi connectivity index (χ0) is 16.0. The zero-order valence-electron chi connectivity index (χ0n) is 13.8. The molecule has 3 N–H and O–H groups in total. The first-order valence-electron chi connectivity index (χ1n) is 7.61. The van der Waals surface area contributed by atoms with Gasteiger partial charge in [0.05, 0.1) is 11.6 Å². The Kier molecular flexibility index (Phi) is 6.21. The Morgan fingerprint density at radius 3 is 2.29 bits per heavy atom. The number of rotatable bonds is 7. The van der Waals surface area contributed by atoms with Crippen LogP contribution in [0.25, 0.3) is 0 Å². The highest BCUT2D eigenvalue weighted by atomic mass is 16.5. The fourth-order valence-electron chi connectivity index (χ4n) is 1.76. The number of amides is 1. The van der Waals surface area contributed by atoms with Gasteiger partial charge in [-0.15, -0.1) is 0 Å².